The smallest absolute Gasteiger partial charge is 0.181 e. The number of nitrogens with zero attached hydrogens (tertiary/aromatic N) is 1. The monoisotopic (exact) mass is 201 g/mol. The fourth-order valence-corrected chi connectivity index (χ4v) is 2.02. The van der Waals surface area contributed by atoms with Crippen LogP contribution in [0.1, 0.15) is 32.1 Å². The van der Waals surface area contributed by atoms with Gasteiger partial charge < -0.3 is 5.32 Å². The fourth-order valence-electron chi connectivity index (χ4n) is 1.67. The molecule has 0 bridgehead atoms. The molecular formula is C9H19N3S. The third kappa shape index (κ3) is 4.43. The molecule has 0 heterocycles. The normalized spacial score (nSPS) is 18.7. The molecule has 1 aliphatic carbocycles. The van der Waals surface area contributed by atoms with Crippen LogP contribution >= 0.6 is 12.2 Å². The predicted molar refractivity (Wildman–Crippen MR) is 59.4 cm³/mol. The number of hydrazine groups is 1. The van der Waals surface area contributed by atoms with Crippen molar-refractivity contribution < 1.29 is 0 Å². The van der Waals surface area contributed by atoms with Crippen molar-refractivity contribution in [2.75, 3.05) is 14.1 Å². The molecule has 4 heteroatoms. The van der Waals surface area contributed by atoms with Gasteiger partial charge in [-0.2, -0.15) is 0 Å². The Labute approximate surface area is 85.8 Å². The molecule has 0 aromatic heterocycles. The minimum atomic E-state index is 0.591. The molecular weight excluding hydrogens is 182 g/mol. The molecule has 0 amide bonds. The number of nitrogens with one attached hydrogen (secondary N) is 2. The summed E-state index contributed by atoms with van der Waals surface area (Å²) in [5.41, 5.74) is 3.04. The number of rotatable bonds is 2. The van der Waals surface area contributed by atoms with Crippen LogP contribution in [0.4, 0.5) is 0 Å². The SMILES string of the molecule is CN(C)NC(=S)NC1CCCCC1. The van der Waals surface area contributed by atoms with E-state index in [-0.39, 0.29) is 0 Å². The van der Waals surface area contributed by atoms with E-state index in [1.807, 2.05) is 19.1 Å². The van der Waals surface area contributed by atoms with Gasteiger partial charge in [-0.05, 0) is 25.1 Å². The van der Waals surface area contributed by atoms with Crippen LogP contribution in [0.15, 0.2) is 0 Å². The molecule has 1 fully saturated rings. The maximum Gasteiger partial charge on any atom is 0.181 e. The second-order valence-corrected chi connectivity index (χ2v) is 4.22. The van der Waals surface area contributed by atoms with Crippen LogP contribution in [0.25, 0.3) is 0 Å². The zero-order valence-corrected chi connectivity index (χ0v) is 9.28. The van der Waals surface area contributed by atoms with Gasteiger partial charge in [-0.25, -0.2) is 5.01 Å². The van der Waals surface area contributed by atoms with Gasteiger partial charge in [0, 0.05) is 20.1 Å². The highest BCUT2D eigenvalue weighted by Gasteiger charge is 2.13. The van der Waals surface area contributed by atoms with Crippen LogP contribution in [0.2, 0.25) is 0 Å². The molecule has 0 radical (unpaired) electrons. The minimum absolute atomic E-state index is 0.591. The second-order valence-electron chi connectivity index (χ2n) is 3.81. The van der Waals surface area contributed by atoms with Crippen molar-refractivity contribution in [2.24, 2.45) is 0 Å². The molecule has 0 spiro atoms. The molecule has 0 unspecified atom stereocenters. The maximum atomic E-state index is 5.15. The Morgan fingerprint density at radius 2 is 1.85 bits per heavy atom. The Kier molecular flexibility index (Phi) is 4.45. The number of thiocarbonyl (C=S) groups is 1. The molecule has 3 nitrogen and oxygen atoms in total. The number of hydrogen-bond donors (Lipinski definition) is 2. The van der Waals surface area contributed by atoms with Crippen LogP contribution < -0.4 is 10.7 Å². The van der Waals surface area contributed by atoms with E-state index in [9.17, 15) is 0 Å². The van der Waals surface area contributed by atoms with Gasteiger partial charge in [0.25, 0.3) is 0 Å². The van der Waals surface area contributed by atoms with Gasteiger partial charge in [0.1, 0.15) is 0 Å². The molecule has 0 aliphatic heterocycles. The molecule has 0 aromatic rings. The molecule has 1 saturated carbocycles. The minimum Gasteiger partial charge on any atom is -0.359 e. The summed E-state index contributed by atoms with van der Waals surface area (Å²) < 4.78 is 0. The van der Waals surface area contributed by atoms with E-state index >= 15 is 0 Å². The zero-order chi connectivity index (χ0) is 9.68. The van der Waals surface area contributed by atoms with Crippen molar-refractivity contribution in [1.29, 1.82) is 0 Å². The highest BCUT2D eigenvalue weighted by atomic mass is 32.1. The third-order valence-corrected chi connectivity index (χ3v) is 2.47. The van der Waals surface area contributed by atoms with E-state index in [0.29, 0.717) is 6.04 Å². The average molecular weight is 201 g/mol. The van der Waals surface area contributed by atoms with E-state index in [4.69, 9.17) is 12.2 Å². The van der Waals surface area contributed by atoms with Gasteiger partial charge >= 0.3 is 0 Å². The lowest BCUT2D eigenvalue weighted by molar-refractivity contribution is 0.348. The Hall–Kier alpha value is -0.350. The molecule has 1 aliphatic rings. The van der Waals surface area contributed by atoms with Crippen molar-refractivity contribution >= 4 is 17.3 Å². The summed E-state index contributed by atoms with van der Waals surface area (Å²) in [6.45, 7) is 0. The molecule has 76 valence electrons. The van der Waals surface area contributed by atoms with Gasteiger partial charge in [0.15, 0.2) is 5.11 Å². The lowest BCUT2D eigenvalue weighted by Gasteiger charge is -2.25. The largest absolute Gasteiger partial charge is 0.359 e. The topological polar surface area (TPSA) is 27.3 Å². The maximum absolute atomic E-state index is 5.15. The first-order chi connectivity index (χ1) is 6.18. The molecule has 0 atom stereocenters. The van der Waals surface area contributed by atoms with Crippen molar-refractivity contribution in [2.45, 2.75) is 38.1 Å². The zero-order valence-electron chi connectivity index (χ0n) is 8.47. The summed E-state index contributed by atoms with van der Waals surface area (Å²) in [7, 11) is 3.88. The van der Waals surface area contributed by atoms with Crippen LogP contribution in [-0.2, 0) is 0 Å². The lowest BCUT2D eigenvalue weighted by Crippen LogP contribution is -2.47. The van der Waals surface area contributed by atoms with Gasteiger partial charge in [-0.1, -0.05) is 19.3 Å². The first-order valence-electron chi connectivity index (χ1n) is 4.93. The molecule has 0 aromatic carbocycles. The summed E-state index contributed by atoms with van der Waals surface area (Å²) in [6, 6.07) is 0.591. The van der Waals surface area contributed by atoms with E-state index in [2.05, 4.69) is 10.7 Å². The quantitative estimate of drug-likeness (QED) is 0.519. The van der Waals surface area contributed by atoms with E-state index in [1.165, 1.54) is 32.1 Å². The summed E-state index contributed by atoms with van der Waals surface area (Å²) in [5.74, 6) is 0. The van der Waals surface area contributed by atoms with Crippen molar-refractivity contribution in [3.63, 3.8) is 0 Å². The Morgan fingerprint density at radius 3 is 2.38 bits per heavy atom. The summed E-state index contributed by atoms with van der Waals surface area (Å²) in [5, 5.41) is 5.94. The highest BCUT2D eigenvalue weighted by molar-refractivity contribution is 7.80. The van der Waals surface area contributed by atoms with Crippen molar-refractivity contribution in [1.82, 2.24) is 15.8 Å². The average Bonchev–Trinajstić information content (AvgIpc) is 2.04. The lowest BCUT2D eigenvalue weighted by atomic mass is 9.96. The van der Waals surface area contributed by atoms with Gasteiger partial charge in [0.2, 0.25) is 0 Å². The molecule has 1 rings (SSSR count). The van der Waals surface area contributed by atoms with Crippen LogP contribution in [0, 0.1) is 0 Å². The first-order valence-corrected chi connectivity index (χ1v) is 5.34. The van der Waals surface area contributed by atoms with Crippen molar-refractivity contribution in [3.05, 3.63) is 0 Å². The second kappa shape index (κ2) is 5.40. The van der Waals surface area contributed by atoms with E-state index in [0.717, 1.165) is 5.11 Å². The van der Waals surface area contributed by atoms with Crippen LogP contribution in [-0.4, -0.2) is 30.3 Å². The van der Waals surface area contributed by atoms with Crippen LogP contribution in [0.3, 0.4) is 0 Å². The molecule has 2 N–H and O–H groups in total. The van der Waals surface area contributed by atoms with E-state index in [1.54, 1.807) is 0 Å². The summed E-state index contributed by atoms with van der Waals surface area (Å²) in [6.07, 6.45) is 6.57. The standard InChI is InChI=1S/C9H19N3S/c1-12(2)11-9(13)10-8-6-4-3-5-7-8/h8H,3-7H2,1-2H3,(H2,10,11,13). The van der Waals surface area contributed by atoms with Crippen molar-refractivity contribution in [3.8, 4) is 0 Å². The van der Waals surface area contributed by atoms with Crippen LogP contribution in [0.5, 0.6) is 0 Å². The number of hydrogen-bond acceptors (Lipinski definition) is 2. The summed E-state index contributed by atoms with van der Waals surface area (Å²) >= 11 is 5.15. The third-order valence-electron chi connectivity index (χ3n) is 2.27. The fraction of sp³-hybridized carbons (Fsp3) is 0.889. The molecule has 0 saturated heterocycles. The Balaban J connectivity index is 2.18. The van der Waals surface area contributed by atoms with E-state index < -0.39 is 0 Å². The predicted octanol–water partition coefficient (Wildman–Crippen LogP) is 1.26. The highest BCUT2D eigenvalue weighted by Crippen LogP contribution is 2.17. The molecule has 13 heavy (non-hydrogen) atoms. The van der Waals surface area contributed by atoms with Gasteiger partial charge in [-0.3, -0.25) is 5.43 Å². The first kappa shape index (κ1) is 10.7. The Bertz CT molecular complexity index is 164. The Morgan fingerprint density at radius 1 is 1.23 bits per heavy atom. The summed E-state index contributed by atoms with van der Waals surface area (Å²) in [4.78, 5) is 0. The van der Waals surface area contributed by atoms with Gasteiger partial charge in [0.05, 0.1) is 0 Å². The van der Waals surface area contributed by atoms with Gasteiger partial charge in [-0.15, -0.1) is 0 Å².